The fraction of sp³-hybridized carbons (Fsp3) is 0.381. The molecule has 2 aromatic carbocycles. The van der Waals surface area contributed by atoms with E-state index in [1.54, 1.807) is 30.3 Å². The first-order valence-electron chi connectivity index (χ1n) is 9.52. The number of piperidine rings is 1. The minimum atomic E-state index is -3.48. The molecule has 0 spiro atoms. The molecule has 4 rings (SSSR count). The molecule has 1 amide bonds. The normalized spacial score (nSPS) is 18.9. The second-order valence-corrected chi connectivity index (χ2v) is 9.15. The summed E-state index contributed by atoms with van der Waals surface area (Å²) >= 11 is 0. The van der Waals surface area contributed by atoms with Crippen molar-refractivity contribution in [3.05, 3.63) is 60.2 Å². The van der Waals surface area contributed by atoms with E-state index in [-0.39, 0.29) is 11.8 Å². The Balaban J connectivity index is 1.45. The summed E-state index contributed by atoms with van der Waals surface area (Å²) in [5.41, 5.74) is 2.24. The topological polar surface area (TPSA) is 57.7 Å². The fourth-order valence-electron chi connectivity index (χ4n) is 4.07. The Labute approximate surface area is 160 Å². The molecule has 2 aliphatic rings. The second-order valence-electron chi connectivity index (χ2n) is 7.21. The number of sulfonamides is 1. The second kappa shape index (κ2) is 7.44. The average Bonchev–Trinajstić information content (AvgIpc) is 2.73. The molecule has 0 aliphatic carbocycles. The highest BCUT2D eigenvalue weighted by molar-refractivity contribution is 7.89. The number of hydrogen-bond donors (Lipinski definition) is 0. The molecule has 27 heavy (non-hydrogen) atoms. The van der Waals surface area contributed by atoms with Crippen molar-refractivity contribution in [3.63, 3.8) is 0 Å². The van der Waals surface area contributed by atoms with Crippen molar-refractivity contribution < 1.29 is 13.2 Å². The number of rotatable bonds is 3. The van der Waals surface area contributed by atoms with Crippen LogP contribution in [0.15, 0.2) is 59.5 Å². The van der Waals surface area contributed by atoms with Crippen LogP contribution in [-0.4, -0.2) is 38.3 Å². The smallest absolute Gasteiger partial charge is 0.243 e. The molecule has 6 heteroatoms. The van der Waals surface area contributed by atoms with Gasteiger partial charge in [-0.25, -0.2) is 8.42 Å². The molecular formula is C21H24N2O3S. The van der Waals surface area contributed by atoms with Gasteiger partial charge in [-0.1, -0.05) is 36.4 Å². The first-order chi connectivity index (χ1) is 13.1. The fourth-order valence-corrected chi connectivity index (χ4v) is 5.56. The van der Waals surface area contributed by atoms with Crippen molar-refractivity contribution in [3.8, 4) is 0 Å². The van der Waals surface area contributed by atoms with Crippen LogP contribution in [0.25, 0.3) is 0 Å². The molecule has 2 aliphatic heterocycles. The van der Waals surface area contributed by atoms with Crippen LogP contribution in [0.4, 0.5) is 5.69 Å². The van der Waals surface area contributed by atoms with E-state index in [2.05, 4.69) is 6.07 Å². The summed E-state index contributed by atoms with van der Waals surface area (Å²) in [6, 6.07) is 16.6. The van der Waals surface area contributed by atoms with Gasteiger partial charge in [0.15, 0.2) is 0 Å². The van der Waals surface area contributed by atoms with Crippen molar-refractivity contribution in [2.45, 2.75) is 30.6 Å². The van der Waals surface area contributed by atoms with Crippen LogP contribution >= 0.6 is 0 Å². The van der Waals surface area contributed by atoms with Crippen LogP contribution in [0.1, 0.15) is 24.8 Å². The number of fused-ring (bicyclic) bond motifs is 1. The van der Waals surface area contributed by atoms with Gasteiger partial charge in [-0.3, -0.25) is 4.79 Å². The number of benzene rings is 2. The monoisotopic (exact) mass is 384 g/mol. The van der Waals surface area contributed by atoms with Gasteiger partial charge < -0.3 is 4.90 Å². The van der Waals surface area contributed by atoms with Gasteiger partial charge in [-0.2, -0.15) is 4.31 Å². The first kappa shape index (κ1) is 18.2. The quantitative estimate of drug-likeness (QED) is 0.817. The van der Waals surface area contributed by atoms with E-state index in [1.165, 1.54) is 9.87 Å². The largest absolute Gasteiger partial charge is 0.312 e. The SMILES string of the molecule is O=C(C1CCN(S(=O)(=O)c2ccccc2)CC1)N1CCCc2ccccc21. The Morgan fingerprint density at radius 1 is 0.889 bits per heavy atom. The lowest BCUT2D eigenvalue weighted by atomic mass is 9.94. The molecule has 1 saturated heterocycles. The first-order valence-corrected chi connectivity index (χ1v) is 11.0. The van der Waals surface area contributed by atoms with Crippen molar-refractivity contribution in [1.29, 1.82) is 0 Å². The Morgan fingerprint density at radius 3 is 2.30 bits per heavy atom. The van der Waals surface area contributed by atoms with Gasteiger partial charge in [0.2, 0.25) is 15.9 Å². The molecule has 2 heterocycles. The molecule has 142 valence electrons. The third-order valence-corrected chi connectivity index (χ3v) is 7.47. The summed E-state index contributed by atoms with van der Waals surface area (Å²) in [4.78, 5) is 15.3. The van der Waals surface area contributed by atoms with Crippen LogP contribution in [0.3, 0.4) is 0 Å². The molecule has 0 radical (unpaired) electrons. The number of amides is 1. The summed E-state index contributed by atoms with van der Waals surface area (Å²) in [7, 11) is -3.48. The lowest BCUT2D eigenvalue weighted by Crippen LogP contribution is -2.45. The predicted octanol–water partition coefficient (Wildman–Crippen LogP) is 3.07. The van der Waals surface area contributed by atoms with Crippen LogP contribution in [0.5, 0.6) is 0 Å². The molecule has 0 atom stereocenters. The number of hydrogen-bond acceptors (Lipinski definition) is 3. The molecule has 0 saturated carbocycles. The van der Waals surface area contributed by atoms with Crippen LogP contribution < -0.4 is 4.90 Å². The predicted molar refractivity (Wildman–Crippen MR) is 105 cm³/mol. The lowest BCUT2D eigenvalue weighted by molar-refractivity contribution is -0.123. The Bertz CT molecular complexity index is 919. The summed E-state index contributed by atoms with van der Waals surface area (Å²) in [5.74, 6) is 0.0253. The minimum Gasteiger partial charge on any atom is -0.312 e. The van der Waals surface area contributed by atoms with Crippen molar-refractivity contribution in [2.75, 3.05) is 24.5 Å². The van der Waals surface area contributed by atoms with Gasteiger partial charge in [0.05, 0.1) is 4.90 Å². The molecule has 2 aromatic rings. The van der Waals surface area contributed by atoms with E-state index in [0.29, 0.717) is 30.8 Å². The van der Waals surface area contributed by atoms with Crippen LogP contribution in [-0.2, 0) is 21.2 Å². The number of nitrogens with zero attached hydrogens (tertiary/aromatic N) is 2. The summed E-state index contributed by atoms with van der Waals surface area (Å²) in [6.07, 6.45) is 3.13. The van der Waals surface area contributed by atoms with E-state index >= 15 is 0 Å². The molecular weight excluding hydrogens is 360 g/mol. The Kier molecular flexibility index (Phi) is 5.02. The molecule has 0 bridgehead atoms. The van der Waals surface area contributed by atoms with Gasteiger partial charge >= 0.3 is 0 Å². The van der Waals surface area contributed by atoms with Crippen LogP contribution in [0, 0.1) is 5.92 Å². The van der Waals surface area contributed by atoms with Crippen molar-refractivity contribution in [1.82, 2.24) is 4.31 Å². The maximum Gasteiger partial charge on any atom is 0.243 e. The minimum absolute atomic E-state index is 0.113. The van der Waals surface area contributed by atoms with E-state index in [9.17, 15) is 13.2 Å². The zero-order chi connectivity index (χ0) is 18.9. The van der Waals surface area contributed by atoms with E-state index in [0.717, 1.165) is 25.1 Å². The summed E-state index contributed by atoms with van der Waals surface area (Å²) in [6.45, 7) is 1.53. The van der Waals surface area contributed by atoms with Gasteiger partial charge in [-0.05, 0) is 49.4 Å². The standard InChI is InChI=1S/C21H24N2O3S/c24-21(23-14-6-8-17-7-4-5-11-20(17)23)18-12-15-22(16-13-18)27(25,26)19-9-2-1-3-10-19/h1-5,7,9-11,18H,6,8,12-16H2. The molecule has 0 N–H and O–H groups in total. The third kappa shape index (κ3) is 3.51. The molecule has 5 nitrogen and oxygen atoms in total. The number of para-hydroxylation sites is 1. The number of carbonyl (C=O) groups excluding carboxylic acids is 1. The highest BCUT2D eigenvalue weighted by Gasteiger charge is 2.35. The molecule has 1 fully saturated rings. The zero-order valence-corrected chi connectivity index (χ0v) is 16.1. The van der Waals surface area contributed by atoms with Gasteiger partial charge in [0.1, 0.15) is 0 Å². The maximum atomic E-state index is 13.1. The van der Waals surface area contributed by atoms with Crippen molar-refractivity contribution in [2.24, 2.45) is 5.92 Å². The summed E-state index contributed by atoms with van der Waals surface area (Å²) < 4.78 is 27.0. The van der Waals surface area contributed by atoms with E-state index in [1.807, 2.05) is 23.1 Å². The van der Waals surface area contributed by atoms with Crippen LogP contribution in [0.2, 0.25) is 0 Å². The third-order valence-electron chi connectivity index (χ3n) is 5.56. The van der Waals surface area contributed by atoms with Gasteiger partial charge in [0, 0.05) is 31.2 Å². The Hall–Kier alpha value is -2.18. The number of carbonyl (C=O) groups is 1. The summed E-state index contributed by atoms with van der Waals surface area (Å²) in [5, 5.41) is 0. The number of aryl methyl sites for hydroxylation is 1. The van der Waals surface area contributed by atoms with Gasteiger partial charge in [0.25, 0.3) is 0 Å². The lowest BCUT2D eigenvalue weighted by Gasteiger charge is -2.36. The Morgan fingerprint density at radius 2 is 1.56 bits per heavy atom. The van der Waals surface area contributed by atoms with Gasteiger partial charge in [-0.15, -0.1) is 0 Å². The highest BCUT2D eigenvalue weighted by Crippen LogP contribution is 2.31. The van der Waals surface area contributed by atoms with E-state index < -0.39 is 10.0 Å². The van der Waals surface area contributed by atoms with E-state index in [4.69, 9.17) is 0 Å². The zero-order valence-electron chi connectivity index (χ0n) is 15.3. The van der Waals surface area contributed by atoms with Crippen molar-refractivity contribution >= 4 is 21.6 Å². The molecule has 0 unspecified atom stereocenters. The number of anilines is 1. The molecule has 0 aromatic heterocycles. The highest BCUT2D eigenvalue weighted by atomic mass is 32.2. The average molecular weight is 385 g/mol. The maximum absolute atomic E-state index is 13.1.